The fraction of sp³-hybridized carbons (Fsp3) is 0.262. The quantitative estimate of drug-likeness (QED) is 0.125. The number of anilines is 1. The lowest BCUT2D eigenvalue weighted by Gasteiger charge is -2.34. The van der Waals surface area contributed by atoms with Gasteiger partial charge in [0, 0.05) is 81.5 Å². The zero-order valence-electron chi connectivity index (χ0n) is 32.0. The van der Waals surface area contributed by atoms with E-state index in [2.05, 4.69) is 28.9 Å². The number of aryl methyl sites for hydroxylation is 1. The fourth-order valence-electron chi connectivity index (χ4n) is 6.04. The molecule has 16 heteroatoms. The number of benzene rings is 3. The van der Waals surface area contributed by atoms with Crippen molar-refractivity contribution in [1.29, 1.82) is 0 Å². The molecule has 0 spiro atoms. The third-order valence-corrected chi connectivity index (χ3v) is 9.16. The smallest absolute Gasteiger partial charge is 0.416 e. The van der Waals surface area contributed by atoms with Crippen molar-refractivity contribution in [1.82, 2.24) is 19.4 Å². The lowest BCUT2D eigenvalue weighted by molar-refractivity contribution is -0.137. The molecule has 13 nitrogen and oxygen atoms in total. The molecular formula is C42H42F3N5O8. The SMILES string of the molecule is CCCOc1ccc(CN2CCN(C(=O)c3cc4cc(Oc5ccc(N(C)C(=O)c6ccc(C(F)(F)F)cc6)cn5)ccc4n3C)CC2)cc1.O=C(O)/C=C\C(=O)O. The van der Waals surface area contributed by atoms with Crippen molar-refractivity contribution in [3.05, 3.63) is 126 Å². The van der Waals surface area contributed by atoms with Crippen LogP contribution in [0.3, 0.4) is 0 Å². The topological polar surface area (TPSA) is 155 Å². The van der Waals surface area contributed by atoms with Crippen LogP contribution in [0.4, 0.5) is 18.9 Å². The summed E-state index contributed by atoms with van der Waals surface area (Å²) in [6, 6.07) is 22.9. The van der Waals surface area contributed by atoms with E-state index in [0.29, 0.717) is 49.0 Å². The zero-order valence-corrected chi connectivity index (χ0v) is 32.0. The van der Waals surface area contributed by atoms with Crippen LogP contribution in [0.25, 0.3) is 10.9 Å². The Morgan fingerprint density at radius 1 is 0.845 bits per heavy atom. The average Bonchev–Trinajstić information content (AvgIpc) is 3.54. The van der Waals surface area contributed by atoms with Crippen LogP contribution in [0.1, 0.15) is 45.3 Å². The molecule has 2 aromatic heterocycles. The van der Waals surface area contributed by atoms with Crippen LogP contribution < -0.4 is 14.4 Å². The molecule has 2 amide bonds. The second kappa shape index (κ2) is 19.0. The normalized spacial score (nSPS) is 13.2. The molecule has 2 N–H and O–H groups in total. The number of hydrogen-bond donors (Lipinski definition) is 2. The predicted octanol–water partition coefficient (Wildman–Crippen LogP) is 7.12. The fourth-order valence-corrected chi connectivity index (χ4v) is 6.04. The van der Waals surface area contributed by atoms with Gasteiger partial charge in [0.1, 0.15) is 17.2 Å². The third-order valence-electron chi connectivity index (χ3n) is 9.16. The number of fused-ring (bicyclic) bond motifs is 1. The summed E-state index contributed by atoms with van der Waals surface area (Å²) in [5.74, 6) is -1.32. The van der Waals surface area contributed by atoms with Crippen molar-refractivity contribution in [3.63, 3.8) is 0 Å². The van der Waals surface area contributed by atoms with Crippen LogP contribution in [-0.2, 0) is 29.4 Å². The maximum absolute atomic E-state index is 13.6. The maximum Gasteiger partial charge on any atom is 0.416 e. The first-order chi connectivity index (χ1) is 27.6. The van der Waals surface area contributed by atoms with Gasteiger partial charge in [-0.1, -0.05) is 19.1 Å². The summed E-state index contributed by atoms with van der Waals surface area (Å²) in [5, 5.41) is 16.5. The Hall–Kier alpha value is -6.68. The summed E-state index contributed by atoms with van der Waals surface area (Å²) < 4.78 is 52.2. The molecule has 5 aromatic rings. The first kappa shape index (κ1) is 42.5. The molecule has 1 saturated heterocycles. The Kier molecular flexibility index (Phi) is 13.9. The van der Waals surface area contributed by atoms with Crippen molar-refractivity contribution in [2.45, 2.75) is 26.1 Å². The highest BCUT2D eigenvalue weighted by molar-refractivity contribution is 6.05. The van der Waals surface area contributed by atoms with Gasteiger partial charge in [0.25, 0.3) is 11.8 Å². The van der Waals surface area contributed by atoms with Gasteiger partial charge in [-0.15, -0.1) is 0 Å². The van der Waals surface area contributed by atoms with E-state index in [1.54, 1.807) is 18.2 Å². The Labute approximate surface area is 332 Å². The summed E-state index contributed by atoms with van der Waals surface area (Å²) >= 11 is 0. The van der Waals surface area contributed by atoms with E-state index in [0.717, 1.165) is 67.0 Å². The number of nitrogens with zero attached hydrogens (tertiary/aromatic N) is 5. The van der Waals surface area contributed by atoms with Crippen LogP contribution in [0.15, 0.2) is 103 Å². The van der Waals surface area contributed by atoms with Crippen molar-refractivity contribution in [2.24, 2.45) is 7.05 Å². The molecule has 1 fully saturated rings. The minimum absolute atomic E-state index is 0.0181. The van der Waals surface area contributed by atoms with Crippen LogP contribution in [0.5, 0.6) is 17.4 Å². The molecule has 0 atom stereocenters. The molecule has 1 aliphatic heterocycles. The minimum Gasteiger partial charge on any atom is -0.494 e. The first-order valence-electron chi connectivity index (χ1n) is 18.2. The number of carbonyl (C=O) groups is 4. The van der Waals surface area contributed by atoms with Crippen molar-refractivity contribution < 1.29 is 52.0 Å². The highest BCUT2D eigenvalue weighted by Gasteiger charge is 2.30. The molecule has 0 radical (unpaired) electrons. The number of carboxylic acid groups (broad SMARTS) is 2. The van der Waals surface area contributed by atoms with Crippen molar-refractivity contribution in [2.75, 3.05) is 44.7 Å². The van der Waals surface area contributed by atoms with Gasteiger partial charge in [0.15, 0.2) is 0 Å². The largest absolute Gasteiger partial charge is 0.494 e. The highest BCUT2D eigenvalue weighted by atomic mass is 19.4. The Morgan fingerprint density at radius 2 is 1.48 bits per heavy atom. The van der Waals surface area contributed by atoms with Gasteiger partial charge >= 0.3 is 18.1 Å². The van der Waals surface area contributed by atoms with Crippen LogP contribution in [0.2, 0.25) is 0 Å². The summed E-state index contributed by atoms with van der Waals surface area (Å²) in [6.07, 6.45) is -0.938. The summed E-state index contributed by atoms with van der Waals surface area (Å²) in [5.41, 5.74) is 2.43. The average molecular weight is 802 g/mol. The molecule has 304 valence electrons. The number of carboxylic acids is 2. The predicted molar refractivity (Wildman–Crippen MR) is 209 cm³/mol. The molecule has 0 bridgehead atoms. The van der Waals surface area contributed by atoms with Gasteiger partial charge in [-0.3, -0.25) is 14.5 Å². The molecule has 6 rings (SSSR count). The van der Waals surface area contributed by atoms with Crippen LogP contribution >= 0.6 is 0 Å². The maximum atomic E-state index is 13.6. The van der Waals surface area contributed by atoms with Crippen LogP contribution in [0, 0.1) is 0 Å². The number of ether oxygens (including phenoxy) is 2. The van der Waals surface area contributed by atoms with E-state index < -0.39 is 29.6 Å². The number of hydrogen-bond acceptors (Lipinski definition) is 8. The lowest BCUT2D eigenvalue weighted by Crippen LogP contribution is -2.48. The Bertz CT molecular complexity index is 2230. The monoisotopic (exact) mass is 801 g/mol. The molecule has 0 aliphatic carbocycles. The van der Waals surface area contributed by atoms with Crippen molar-refractivity contribution in [3.8, 4) is 17.4 Å². The number of pyridine rings is 1. The number of rotatable bonds is 12. The van der Waals surface area contributed by atoms with E-state index in [1.807, 2.05) is 46.8 Å². The third kappa shape index (κ3) is 11.2. The molecule has 58 heavy (non-hydrogen) atoms. The molecule has 0 saturated carbocycles. The van der Waals surface area contributed by atoms with Gasteiger partial charge in [-0.05, 0) is 78.7 Å². The second-order valence-electron chi connectivity index (χ2n) is 13.3. The molecule has 1 aliphatic rings. The van der Waals surface area contributed by atoms with E-state index in [4.69, 9.17) is 19.7 Å². The van der Waals surface area contributed by atoms with Gasteiger partial charge in [0.05, 0.1) is 24.1 Å². The lowest BCUT2D eigenvalue weighted by atomic mass is 10.1. The van der Waals surface area contributed by atoms with E-state index in [-0.39, 0.29) is 17.4 Å². The standard InChI is InChI=1S/C38H38F3N5O4.C4H4O4/c1-4-21-49-31-12-5-26(6-13-31)25-45-17-19-46(20-18-45)37(48)34-23-28-22-32(14-15-33(28)44(34)3)50-35-16-11-30(24-42-35)43(2)36(47)27-7-9-29(10-8-27)38(39,40)41;5-3(6)1-2-4(7)8/h5-16,22-24H,4,17-21,25H2,1-3H3;1-2H,(H,5,6)(H,7,8)/b;2-1-. The Balaban J connectivity index is 0.000000725. The number of carbonyl (C=O) groups excluding carboxylic acids is 2. The molecule has 0 unspecified atom stereocenters. The summed E-state index contributed by atoms with van der Waals surface area (Å²) in [4.78, 5) is 55.4. The summed E-state index contributed by atoms with van der Waals surface area (Å²) in [7, 11) is 3.40. The van der Waals surface area contributed by atoms with E-state index in [9.17, 15) is 32.3 Å². The van der Waals surface area contributed by atoms with Crippen LogP contribution in [-0.4, -0.2) is 93.2 Å². The molecule has 3 heterocycles. The first-order valence-corrected chi connectivity index (χ1v) is 18.2. The number of halogens is 3. The molecule has 3 aromatic carbocycles. The summed E-state index contributed by atoms with van der Waals surface area (Å²) in [6.45, 7) is 6.46. The van der Waals surface area contributed by atoms with E-state index >= 15 is 0 Å². The number of piperazine rings is 1. The molecular weight excluding hydrogens is 759 g/mol. The highest BCUT2D eigenvalue weighted by Crippen LogP contribution is 2.31. The number of aromatic nitrogens is 2. The van der Waals surface area contributed by atoms with Gasteiger partial charge in [0.2, 0.25) is 5.88 Å². The number of aliphatic carboxylic acids is 2. The number of amides is 2. The second-order valence-corrected chi connectivity index (χ2v) is 13.3. The minimum atomic E-state index is -4.48. The van der Waals surface area contributed by atoms with Gasteiger partial charge < -0.3 is 34.1 Å². The zero-order chi connectivity index (χ0) is 42.0. The van der Waals surface area contributed by atoms with Gasteiger partial charge in [-0.25, -0.2) is 14.6 Å². The Morgan fingerprint density at radius 3 is 2.05 bits per heavy atom. The van der Waals surface area contributed by atoms with E-state index in [1.165, 1.54) is 23.7 Å². The number of alkyl halides is 3. The van der Waals surface area contributed by atoms with Gasteiger partial charge in [-0.2, -0.15) is 13.2 Å². The van der Waals surface area contributed by atoms with Crippen molar-refractivity contribution >= 4 is 40.3 Å².